The number of anilines is 1. The molecule has 0 bridgehead atoms. The van der Waals surface area contributed by atoms with Gasteiger partial charge in [0.05, 0.1) is 26.3 Å². The first kappa shape index (κ1) is 23.4. The van der Waals surface area contributed by atoms with E-state index in [0.29, 0.717) is 36.3 Å². The number of likely N-dealkylation sites (tertiary alicyclic amines) is 1. The summed E-state index contributed by atoms with van der Waals surface area (Å²) in [5, 5.41) is 2.89. The molecule has 7 nitrogen and oxygen atoms in total. The van der Waals surface area contributed by atoms with Gasteiger partial charge in [-0.05, 0) is 57.7 Å². The molecule has 3 rings (SSSR count). The van der Waals surface area contributed by atoms with E-state index in [0.717, 1.165) is 25.4 Å². The van der Waals surface area contributed by atoms with Crippen molar-refractivity contribution in [3.63, 3.8) is 0 Å². The molecule has 0 aromatic heterocycles. The SMILES string of the molecule is CCOc1ccc(NC(=O)CN(C)CC(=O)N2CC[C@@H]3CCCC[C@@H]3C2)cc1OCC. The number of hydrogen-bond acceptors (Lipinski definition) is 5. The Labute approximate surface area is 186 Å². The fourth-order valence-electron chi connectivity index (χ4n) is 4.79. The molecule has 172 valence electrons. The summed E-state index contributed by atoms with van der Waals surface area (Å²) in [6.45, 7) is 7.04. The zero-order chi connectivity index (χ0) is 22.2. The normalized spacial score (nSPS) is 20.8. The van der Waals surface area contributed by atoms with Crippen molar-refractivity contribution in [3.8, 4) is 11.5 Å². The lowest BCUT2D eigenvalue weighted by Gasteiger charge is -2.41. The lowest BCUT2D eigenvalue weighted by Crippen LogP contribution is -2.48. The van der Waals surface area contributed by atoms with Gasteiger partial charge in [-0.2, -0.15) is 0 Å². The number of carbonyl (C=O) groups excluding carboxylic acids is 2. The highest BCUT2D eigenvalue weighted by atomic mass is 16.5. The monoisotopic (exact) mass is 431 g/mol. The number of amides is 2. The second-order valence-electron chi connectivity index (χ2n) is 8.68. The zero-order valence-corrected chi connectivity index (χ0v) is 19.2. The molecule has 1 aliphatic heterocycles. The first-order valence-electron chi connectivity index (χ1n) is 11.7. The van der Waals surface area contributed by atoms with Crippen molar-refractivity contribution >= 4 is 17.5 Å². The largest absolute Gasteiger partial charge is 0.490 e. The average Bonchev–Trinajstić information content (AvgIpc) is 2.75. The maximum atomic E-state index is 12.8. The Bertz CT molecular complexity index is 754. The topological polar surface area (TPSA) is 71.1 Å². The third-order valence-corrected chi connectivity index (χ3v) is 6.29. The average molecular weight is 432 g/mol. The fraction of sp³-hybridized carbons (Fsp3) is 0.667. The van der Waals surface area contributed by atoms with Gasteiger partial charge in [0.15, 0.2) is 11.5 Å². The summed E-state index contributed by atoms with van der Waals surface area (Å²) < 4.78 is 11.2. The van der Waals surface area contributed by atoms with Gasteiger partial charge in [0.2, 0.25) is 11.8 Å². The van der Waals surface area contributed by atoms with E-state index < -0.39 is 0 Å². The van der Waals surface area contributed by atoms with Gasteiger partial charge in [-0.15, -0.1) is 0 Å². The van der Waals surface area contributed by atoms with E-state index in [9.17, 15) is 9.59 Å². The number of ether oxygens (including phenoxy) is 2. The third kappa shape index (κ3) is 6.60. The number of carbonyl (C=O) groups is 2. The van der Waals surface area contributed by atoms with Gasteiger partial charge in [-0.25, -0.2) is 0 Å². The van der Waals surface area contributed by atoms with E-state index in [4.69, 9.17) is 9.47 Å². The van der Waals surface area contributed by atoms with Crippen molar-refractivity contribution in [2.75, 3.05) is 51.8 Å². The van der Waals surface area contributed by atoms with Crippen molar-refractivity contribution in [1.82, 2.24) is 9.80 Å². The van der Waals surface area contributed by atoms with Gasteiger partial charge < -0.3 is 19.7 Å². The Morgan fingerprint density at radius 2 is 1.74 bits per heavy atom. The van der Waals surface area contributed by atoms with Gasteiger partial charge in [0.25, 0.3) is 0 Å². The van der Waals surface area contributed by atoms with E-state index in [1.807, 2.05) is 25.8 Å². The summed E-state index contributed by atoms with van der Waals surface area (Å²) in [4.78, 5) is 29.0. The van der Waals surface area contributed by atoms with Crippen molar-refractivity contribution in [2.45, 2.75) is 46.0 Å². The molecule has 1 aromatic rings. The van der Waals surface area contributed by atoms with Gasteiger partial charge >= 0.3 is 0 Å². The smallest absolute Gasteiger partial charge is 0.238 e. The Hall–Kier alpha value is -2.28. The molecule has 0 spiro atoms. The van der Waals surface area contributed by atoms with Crippen molar-refractivity contribution in [1.29, 1.82) is 0 Å². The molecule has 0 radical (unpaired) electrons. The number of rotatable bonds is 9. The minimum absolute atomic E-state index is 0.124. The summed E-state index contributed by atoms with van der Waals surface area (Å²) in [5.41, 5.74) is 0.649. The molecule has 1 N–H and O–H groups in total. The molecule has 1 saturated heterocycles. The molecular weight excluding hydrogens is 394 g/mol. The number of likely N-dealkylation sites (N-methyl/N-ethyl adjacent to an activating group) is 1. The van der Waals surface area contributed by atoms with Crippen LogP contribution in [0.25, 0.3) is 0 Å². The van der Waals surface area contributed by atoms with Crippen LogP contribution in [0.15, 0.2) is 18.2 Å². The van der Waals surface area contributed by atoms with Gasteiger partial charge in [-0.3, -0.25) is 14.5 Å². The number of hydrogen-bond donors (Lipinski definition) is 1. The molecule has 2 aliphatic rings. The molecule has 2 fully saturated rings. The third-order valence-electron chi connectivity index (χ3n) is 6.29. The van der Waals surface area contributed by atoms with Crippen molar-refractivity contribution < 1.29 is 19.1 Å². The van der Waals surface area contributed by atoms with Gasteiger partial charge in [0, 0.05) is 24.8 Å². The van der Waals surface area contributed by atoms with E-state index >= 15 is 0 Å². The Balaban J connectivity index is 1.48. The minimum atomic E-state index is -0.159. The quantitative estimate of drug-likeness (QED) is 0.649. The summed E-state index contributed by atoms with van der Waals surface area (Å²) in [7, 11) is 1.81. The lowest BCUT2D eigenvalue weighted by atomic mass is 9.75. The van der Waals surface area contributed by atoms with Crippen LogP contribution in [-0.4, -0.2) is 68.1 Å². The van der Waals surface area contributed by atoms with Crippen LogP contribution in [0.5, 0.6) is 11.5 Å². The molecule has 1 saturated carbocycles. The van der Waals surface area contributed by atoms with Crippen LogP contribution in [0.4, 0.5) is 5.69 Å². The Morgan fingerprint density at radius 1 is 1.03 bits per heavy atom. The van der Waals surface area contributed by atoms with E-state index in [2.05, 4.69) is 5.32 Å². The van der Waals surface area contributed by atoms with E-state index in [-0.39, 0.29) is 24.9 Å². The molecule has 2 atom stereocenters. The molecule has 2 amide bonds. The highest BCUT2D eigenvalue weighted by Crippen LogP contribution is 2.36. The van der Waals surface area contributed by atoms with Crippen LogP contribution in [-0.2, 0) is 9.59 Å². The van der Waals surface area contributed by atoms with Crippen LogP contribution in [0.2, 0.25) is 0 Å². The number of piperidine rings is 1. The first-order chi connectivity index (χ1) is 15.0. The fourth-order valence-corrected chi connectivity index (χ4v) is 4.79. The number of fused-ring (bicyclic) bond motifs is 1. The molecular formula is C24H37N3O4. The summed E-state index contributed by atoms with van der Waals surface area (Å²) in [5.74, 6) is 2.70. The van der Waals surface area contributed by atoms with Crippen LogP contribution >= 0.6 is 0 Å². The molecule has 0 unspecified atom stereocenters. The number of nitrogens with zero attached hydrogens (tertiary/aromatic N) is 2. The van der Waals surface area contributed by atoms with Crippen molar-refractivity contribution in [2.24, 2.45) is 11.8 Å². The molecule has 31 heavy (non-hydrogen) atoms. The zero-order valence-electron chi connectivity index (χ0n) is 19.2. The summed E-state index contributed by atoms with van der Waals surface area (Å²) in [6, 6.07) is 5.36. The minimum Gasteiger partial charge on any atom is -0.490 e. The predicted molar refractivity (Wildman–Crippen MR) is 122 cm³/mol. The molecule has 7 heteroatoms. The summed E-state index contributed by atoms with van der Waals surface area (Å²) in [6.07, 6.45) is 6.33. The van der Waals surface area contributed by atoms with Crippen molar-refractivity contribution in [3.05, 3.63) is 18.2 Å². The molecule has 1 aliphatic carbocycles. The van der Waals surface area contributed by atoms with Crippen LogP contribution in [0.1, 0.15) is 46.0 Å². The lowest BCUT2D eigenvalue weighted by molar-refractivity contribution is -0.135. The Kier molecular flexibility index (Phi) is 8.58. The molecule has 1 heterocycles. The number of nitrogens with one attached hydrogen (secondary N) is 1. The van der Waals surface area contributed by atoms with E-state index in [1.165, 1.54) is 25.7 Å². The van der Waals surface area contributed by atoms with Crippen LogP contribution in [0.3, 0.4) is 0 Å². The number of benzene rings is 1. The van der Waals surface area contributed by atoms with E-state index in [1.54, 1.807) is 23.1 Å². The highest BCUT2D eigenvalue weighted by molar-refractivity contribution is 5.93. The predicted octanol–water partition coefficient (Wildman–Crippen LogP) is 3.39. The maximum absolute atomic E-state index is 12.8. The van der Waals surface area contributed by atoms with Gasteiger partial charge in [0.1, 0.15) is 0 Å². The first-order valence-corrected chi connectivity index (χ1v) is 11.7. The highest BCUT2D eigenvalue weighted by Gasteiger charge is 2.33. The Morgan fingerprint density at radius 3 is 2.48 bits per heavy atom. The second kappa shape index (κ2) is 11.4. The maximum Gasteiger partial charge on any atom is 0.238 e. The van der Waals surface area contributed by atoms with Crippen LogP contribution in [0, 0.1) is 11.8 Å². The second-order valence-corrected chi connectivity index (χ2v) is 8.68. The van der Waals surface area contributed by atoms with Crippen LogP contribution < -0.4 is 14.8 Å². The molecule has 1 aromatic carbocycles. The summed E-state index contributed by atoms with van der Waals surface area (Å²) >= 11 is 0. The standard InChI is InChI=1S/C24H37N3O4/c1-4-30-21-11-10-20(14-22(21)31-5-2)25-23(28)16-26(3)17-24(29)27-13-12-18-8-6-7-9-19(18)15-27/h10-11,14,18-19H,4-9,12-13,15-17H2,1-3H3,(H,25,28)/t18-,19+/m0/s1. The van der Waals surface area contributed by atoms with Gasteiger partial charge in [-0.1, -0.05) is 19.3 Å².